The van der Waals surface area contributed by atoms with E-state index in [0.717, 1.165) is 16.6 Å². The molecule has 0 aliphatic heterocycles. The molecule has 0 N–H and O–H groups in total. The summed E-state index contributed by atoms with van der Waals surface area (Å²) in [4.78, 5) is 0. The van der Waals surface area contributed by atoms with Crippen molar-refractivity contribution in [3.8, 4) is 44.5 Å². The largest absolute Gasteiger partial charge is 0.455 e. The minimum atomic E-state index is -0.166. The van der Waals surface area contributed by atoms with Gasteiger partial charge in [0.1, 0.15) is 11.2 Å². The number of benzene rings is 10. The first-order valence-corrected chi connectivity index (χ1v) is 19.6. The third kappa shape index (κ3) is 4.37. The summed E-state index contributed by atoms with van der Waals surface area (Å²) >= 11 is 0. The Morgan fingerprint density at radius 2 is 0.839 bits per heavy atom. The lowest BCUT2D eigenvalue weighted by atomic mass is 9.81. The molecule has 0 radical (unpaired) electrons. The van der Waals surface area contributed by atoms with Gasteiger partial charge in [0.2, 0.25) is 0 Å². The van der Waals surface area contributed by atoms with Crippen molar-refractivity contribution >= 4 is 65.0 Å². The maximum Gasteiger partial charge on any atom is 0.143 e. The highest BCUT2D eigenvalue weighted by atomic mass is 16.3. The predicted octanol–water partition coefficient (Wildman–Crippen LogP) is 15.5. The minimum Gasteiger partial charge on any atom is -0.455 e. The van der Waals surface area contributed by atoms with Crippen LogP contribution in [0.15, 0.2) is 186 Å². The molecule has 11 aromatic rings. The molecular formula is C55H36O. The molecule has 0 bridgehead atoms. The molecule has 1 aliphatic carbocycles. The molecule has 262 valence electrons. The Kier molecular flexibility index (Phi) is 6.46. The van der Waals surface area contributed by atoms with Crippen LogP contribution in [0.3, 0.4) is 0 Å². The quantitative estimate of drug-likeness (QED) is 0.166. The van der Waals surface area contributed by atoms with E-state index < -0.39 is 0 Å². The smallest absolute Gasteiger partial charge is 0.143 e. The summed E-state index contributed by atoms with van der Waals surface area (Å²) in [5, 5.41) is 12.3. The maximum atomic E-state index is 6.84. The highest BCUT2D eigenvalue weighted by Crippen LogP contribution is 2.54. The Hall–Kier alpha value is -6.96. The highest BCUT2D eigenvalue weighted by Gasteiger charge is 2.38. The van der Waals surface area contributed by atoms with E-state index in [9.17, 15) is 0 Å². The predicted molar refractivity (Wildman–Crippen MR) is 238 cm³/mol. The normalized spacial score (nSPS) is 13.3. The van der Waals surface area contributed by atoms with Crippen LogP contribution in [0.5, 0.6) is 0 Å². The Morgan fingerprint density at radius 1 is 0.321 bits per heavy atom. The first kappa shape index (κ1) is 31.4. The molecule has 0 saturated heterocycles. The van der Waals surface area contributed by atoms with Gasteiger partial charge < -0.3 is 4.42 Å². The summed E-state index contributed by atoms with van der Waals surface area (Å²) in [7, 11) is 0. The number of furan rings is 1. The highest BCUT2D eigenvalue weighted by molar-refractivity contribution is 6.22. The van der Waals surface area contributed by atoms with Crippen LogP contribution >= 0.6 is 0 Å². The molecule has 1 aromatic heterocycles. The number of hydrogen-bond acceptors (Lipinski definition) is 1. The molecule has 1 aliphatic rings. The van der Waals surface area contributed by atoms with Gasteiger partial charge in [0.15, 0.2) is 0 Å². The molecule has 0 saturated carbocycles. The van der Waals surface area contributed by atoms with Gasteiger partial charge in [0, 0.05) is 27.1 Å². The molecule has 0 unspecified atom stereocenters. The molecule has 10 aromatic carbocycles. The summed E-state index contributed by atoms with van der Waals surface area (Å²) in [5.74, 6) is 0. The molecule has 0 amide bonds. The van der Waals surface area contributed by atoms with E-state index >= 15 is 0 Å². The van der Waals surface area contributed by atoms with Gasteiger partial charge in [-0.3, -0.25) is 0 Å². The first-order valence-electron chi connectivity index (χ1n) is 19.6. The van der Waals surface area contributed by atoms with Crippen molar-refractivity contribution in [2.75, 3.05) is 0 Å². The SMILES string of the molecule is CC1(C)c2cc(-c3ccc(-c4c5ccccc5c(-c5ccc6ccccc6c5)c5ccccc45)cc3)ccc2-c2c1ccc1c2oc2c3ccccc3ccc12. The van der Waals surface area contributed by atoms with E-state index in [-0.39, 0.29) is 5.41 Å². The van der Waals surface area contributed by atoms with E-state index in [4.69, 9.17) is 4.42 Å². The molecule has 56 heavy (non-hydrogen) atoms. The Bertz CT molecular complexity index is 3370. The Morgan fingerprint density at radius 3 is 1.55 bits per heavy atom. The molecule has 0 atom stereocenters. The van der Waals surface area contributed by atoms with Gasteiger partial charge >= 0.3 is 0 Å². The fourth-order valence-corrected chi connectivity index (χ4v) is 9.88. The van der Waals surface area contributed by atoms with Gasteiger partial charge in [-0.2, -0.15) is 0 Å². The maximum absolute atomic E-state index is 6.84. The van der Waals surface area contributed by atoms with Crippen molar-refractivity contribution in [2.24, 2.45) is 0 Å². The summed E-state index contributed by atoms with van der Waals surface area (Å²) in [6.07, 6.45) is 0. The van der Waals surface area contributed by atoms with Crippen molar-refractivity contribution in [1.82, 2.24) is 0 Å². The van der Waals surface area contributed by atoms with Crippen molar-refractivity contribution in [1.29, 1.82) is 0 Å². The molecule has 0 fully saturated rings. The molecule has 12 rings (SSSR count). The van der Waals surface area contributed by atoms with E-state index in [1.165, 1.54) is 104 Å². The van der Waals surface area contributed by atoms with Crippen LogP contribution in [0, 0.1) is 0 Å². The Labute approximate surface area is 325 Å². The van der Waals surface area contributed by atoms with E-state index in [0.29, 0.717) is 0 Å². The molecular weight excluding hydrogens is 677 g/mol. The van der Waals surface area contributed by atoms with Gasteiger partial charge in [0.25, 0.3) is 0 Å². The lowest BCUT2D eigenvalue weighted by Crippen LogP contribution is -2.14. The zero-order chi connectivity index (χ0) is 37.1. The number of rotatable bonds is 3. The van der Waals surface area contributed by atoms with Gasteiger partial charge in [-0.05, 0) is 106 Å². The van der Waals surface area contributed by atoms with Crippen LogP contribution in [0.25, 0.3) is 110 Å². The topological polar surface area (TPSA) is 13.1 Å². The van der Waals surface area contributed by atoms with Gasteiger partial charge in [0.05, 0.1) is 0 Å². The van der Waals surface area contributed by atoms with Crippen LogP contribution in [-0.4, -0.2) is 0 Å². The Balaban J connectivity index is 0.979. The monoisotopic (exact) mass is 712 g/mol. The van der Waals surface area contributed by atoms with Crippen LogP contribution in [0.2, 0.25) is 0 Å². The first-order chi connectivity index (χ1) is 27.5. The molecule has 1 nitrogen and oxygen atoms in total. The fraction of sp³-hybridized carbons (Fsp3) is 0.0545. The van der Waals surface area contributed by atoms with E-state index in [1.54, 1.807) is 0 Å². The van der Waals surface area contributed by atoms with Gasteiger partial charge in [-0.1, -0.05) is 178 Å². The van der Waals surface area contributed by atoms with Crippen molar-refractivity contribution < 1.29 is 4.42 Å². The summed E-state index contributed by atoms with van der Waals surface area (Å²) < 4.78 is 6.84. The van der Waals surface area contributed by atoms with Gasteiger partial charge in [-0.15, -0.1) is 0 Å². The zero-order valence-corrected chi connectivity index (χ0v) is 31.2. The van der Waals surface area contributed by atoms with Crippen LogP contribution in [-0.2, 0) is 5.41 Å². The van der Waals surface area contributed by atoms with E-state index in [2.05, 4.69) is 196 Å². The number of fused-ring (bicyclic) bond motifs is 12. The molecule has 0 spiro atoms. The lowest BCUT2D eigenvalue weighted by molar-refractivity contribution is 0.654. The second-order valence-electron chi connectivity index (χ2n) is 16.0. The second kappa shape index (κ2) is 11.5. The average Bonchev–Trinajstić information content (AvgIpc) is 3.74. The summed E-state index contributed by atoms with van der Waals surface area (Å²) in [6.45, 7) is 4.71. The van der Waals surface area contributed by atoms with Crippen LogP contribution in [0.4, 0.5) is 0 Å². The average molecular weight is 713 g/mol. The zero-order valence-electron chi connectivity index (χ0n) is 31.2. The lowest BCUT2D eigenvalue weighted by Gasteiger charge is -2.22. The van der Waals surface area contributed by atoms with Crippen molar-refractivity contribution in [3.63, 3.8) is 0 Å². The molecule has 1 heteroatoms. The third-order valence-electron chi connectivity index (χ3n) is 12.6. The van der Waals surface area contributed by atoms with Crippen molar-refractivity contribution in [3.05, 3.63) is 193 Å². The minimum absolute atomic E-state index is 0.166. The fourth-order valence-electron chi connectivity index (χ4n) is 9.88. The molecule has 1 heterocycles. The van der Waals surface area contributed by atoms with Gasteiger partial charge in [-0.25, -0.2) is 0 Å². The van der Waals surface area contributed by atoms with Crippen LogP contribution < -0.4 is 0 Å². The second-order valence-corrected chi connectivity index (χ2v) is 16.0. The van der Waals surface area contributed by atoms with Crippen LogP contribution in [0.1, 0.15) is 25.0 Å². The summed E-state index contributed by atoms with van der Waals surface area (Å²) in [6, 6.07) is 67.1. The van der Waals surface area contributed by atoms with Crippen molar-refractivity contribution in [2.45, 2.75) is 19.3 Å². The number of hydrogen-bond donors (Lipinski definition) is 0. The standard InChI is InChI=1S/C55H36O/c1-55(2)48-30-29-46-45-27-25-35-12-5-6-14-40(35)53(45)56-54(46)52(48)47-28-26-38(32-49(47)55)34-19-22-36(23-20-34)50-41-15-7-9-17-43(41)51(44-18-10-8-16-42(44)50)39-24-21-33-11-3-4-13-37(33)31-39/h3-32H,1-2H3. The summed E-state index contributed by atoms with van der Waals surface area (Å²) in [5.41, 5.74) is 14.4. The van der Waals surface area contributed by atoms with E-state index in [1.807, 2.05) is 0 Å². The third-order valence-corrected chi connectivity index (χ3v) is 12.6.